The molecule has 0 bridgehead atoms. The maximum Gasteiger partial charge on any atom is 0.126 e. The van der Waals surface area contributed by atoms with Gasteiger partial charge >= 0.3 is 0 Å². The molecule has 1 atom stereocenters. The van der Waals surface area contributed by atoms with Gasteiger partial charge in [-0.05, 0) is 37.6 Å². The average Bonchev–Trinajstić information content (AvgIpc) is 2.30. The highest BCUT2D eigenvalue weighted by molar-refractivity contribution is 5.24. The smallest absolute Gasteiger partial charge is 0.126 e. The van der Waals surface area contributed by atoms with E-state index in [1.807, 2.05) is 19.2 Å². The molecule has 0 aliphatic carbocycles. The number of aryl methyl sites for hydroxylation is 1. The fourth-order valence-corrected chi connectivity index (χ4v) is 1.75. The van der Waals surface area contributed by atoms with E-state index in [9.17, 15) is 4.39 Å². The lowest BCUT2D eigenvalue weighted by Crippen LogP contribution is -2.41. The Morgan fingerprint density at radius 2 is 2.12 bits per heavy atom. The minimum atomic E-state index is -0.146. The van der Waals surface area contributed by atoms with Crippen molar-refractivity contribution in [3.8, 4) is 0 Å². The first-order valence-electron chi connectivity index (χ1n) is 5.92. The van der Waals surface area contributed by atoms with Crippen LogP contribution in [0.1, 0.15) is 11.1 Å². The van der Waals surface area contributed by atoms with Gasteiger partial charge in [0.05, 0.1) is 0 Å². The summed E-state index contributed by atoms with van der Waals surface area (Å²) in [7, 11) is 2.02. The summed E-state index contributed by atoms with van der Waals surface area (Å²) in [5.41, 5.74) is 13.1. The predicted molar refractivity (Wildman–Crippen MR) is 69.4 cm³/mol. The predicted octanol–water partition coefficient (Wildman–Crippen LogP) is 0.894. The second-order valence-electron chi connectivity index (χ2n) is 4.59. The maximum atomic E-state index is 13.1. The van der Waals surface area contributed by atoms with Gasteiger partial charge in [-0.15, -0.1) is 0 Å². The zero-order valence-electron chi connectivity index (χ0n) is 10.6. The van der Waals surface area contributed by atoms with E-state index in [1.165, 1.54) is 6.07 Å². The lowest BCUT2D eigenvalue weighted by Gasteiger charge is -2.20. The van der Waals surface area contributed by atoms with Gasteiger partial charge in [0.1, 0.15) is 5.82 Å². The SMILES string of the molecule is Cc1cc(CCN(C)CC(N)CN)ccc1F. The first-order chi connectivity index (χ1) is 8.02. The van der Waals surface area contributed by atoms with Crippen molar-refractivity contribution >= 4 is 0 Å². The number of benzene rings is 1. The van der Waals surface area contributed by atoms with Crippen molar-refractivity contribution in [1.29, 1.82) is 0 Å². The average molecular weight is 239 g/mol. The van der Waals surface area contributed by atoms with E-state index in [0.717, 1.165) is 25.1 Å². The van der Waals surface area contributed by atoms with E-state index >= 15 is 0 Å². The normalized spacial score (nSPS) is 13.1. The summed E-state index contributed by atoms with van der Waals surface area (Å²) in [4.78, 5) is 2.15. The number of nitrogens with two attached hydrogens (primary N) is 2. The van der Waals surface area contributed by atoms with Crippen LogP contribution in [0.15, 0.2) is 18.2 Å². The molecule has 0 saturated carbocycles. The molecule has 0 fully saturated rings. The van der Waals surface area contributed by atoms with Gasteiger partial charge in [-0.3, -0.25) is 0 Å². The van der Waals surface area contributed by atoms with E-state index < -0.39 is 0 Å². The number of hydrogen-bond donors (Lipinski definition) is 2. The van der Waals surface area contributed by atoms with Crippen LogP contribution in [0.25, 0.3) is 0 Å². The summed E-state index contributed by atoms with van der Waals surface area (Å²) in [6, 6.07) is 5.27. The van der Waals surface area contributed by atoms with Gasteiger partial charge in [0.15, 0.2) is 0 Å². The van der Waals surface area contributed by atoms with Gasteiger partial charge < -0.3 is 16.4 Å². The largest absolute Gasteiger partial charge is 0.329 e. The monoisotopic (exact) mass is 239 g/mol. The standard InChI is InChI=1S/C13H22FN3/c1-10-7-11(3-4-13(10)14)5-6-17(2)9-12(16)8-15/h3-4,7,12H,5-6,8-9,15-16H2,1-2H3. The molecule has 0 heterocycles. The van der Waals surface area contributed by atoms with Crippen molar-refractivity contribution in [3.05, 3.63) is 35.1 Å². The first kappa shape index (κ1) is 14.1. The van der Waals surface area contributed by atoms with Gasteiger partial charge in [-0.25, -0.2) is 4.39 Å². The fraction of sp³-hybridized carbons (Fsp3) is 0.538. The number of nitrogens with zero attached hydrogens (tertiary/aromatic N) is 1. The van der Waals surface area contributed by atoms with Crippen LogP contribution in [0.4, 0.5) is 4.39 Å². The van der Waals surface area contributed by atoms with E-state index in [-0.39, 0.29) is 11.9 Å². The van der Waals surface area contributed by atoms with Gasteiger partial charge in [0.25, 0.3) is 0 Å². The Bertz CT molecular complexity index is 355. The van der Waals surface area contributed by atoms with Crippen LogP contribution < -0.4 is 11.5 Å². The van der Waals surface area contributed by atoms with Gasteiger partial charge in [-0.1, -0.05) is 12.1 Å². The van der Waals surface area contributed by atoms with Crippen molar-refractivity contribution in [2.24, 2.45) is 11.5 Å². The molecule has 1 unspecified atom stereocenters. The van der Waals surface area contributed by atoms with Crippen molar-refractivity contribution in [3.63, 3.8) is 0 Å². The zero-order valence-corrected chi connectivity index (χ0v) is 10.6. The summed E-state index contributed by atoms with van der Waals surface area (Å²) < 4.78 is 13.1. The number of likely N-dealkylation sites (N-methyl/N-ethyl adjacent to an activating group) is 1. The zero-order chi connectivity index (χ0) is 12.8. The van der Waals surface area contributed by atoms with Crippen LogP contribution >= 0.6 is 0 Å². The summed E-state index contributed by atoms with van der Waals surface area (Å²) in [6.07, 6.45) is 0.898. The van der Waals surface area contributed by atoms with Crippen molar-refractivity contribution in [1.82, 2.24) is 4.90 Å². The topological polar surface area (TPSA) is 55.3 Å². The van der Waals surface area contributed by atoms with E-state index in [2.05, 4.69) is 4.90 Å². The van der Waals surface area contributed by atoms with E-state index in [0.29, 0.717) is 12.1 Å². The Morgan fingerprint density at radius 1 is 1.41 bits per heavy atom. The highest BCUT2D eigenvalue weighted by atomic mass is 19.1. The number of rotatable bonds is 6. The molecule has 0 amide bonds. The molecule has 3 nitrogen and oxygen atoms in total. The summed E-state index contributed by atoms with van der Waals surface area (Å²) in [6.45, 7) is 3.97. The van der Waals surface area contributed by atoms with Crippen molar-refractivity contribution < 1.29 is 4.39 Å². The molecular formula is C13H22FN3. The second kappa shape index (κ2) is 6.69. The third kappa shape index (κ3) is 4.81. The lowest BCUT2D eigenvalue weighted by atomic mass is 10.1. The van der Waals surface area contributed by atoms with Crippen LogP contribution in [-0.4, -0.2) is 37.6 Å². The molecule has 96 valence electrons. The quantitative estimate of drug-likeness (QED) is 0.775. The second-order valence-corrected chi connectivity index (χ2v) is 4.59. The molecule has 1 rings (SSSR count). The highest BCUT2D eigenvalue weighted by Gasteiger charge is 2.05. The molecule has 4 heteroatoms. The minimum absolute atomic E-state index is 0.0231. The lowest BCUT2D eigenvalue weighted by molar-refractivity contribution is 0.316. The Kier molecular flexibility index (Phi) is 5.55. The number of hydrogen-bond acceptors (Lipinski definition) is 3. The summed E-state index contributed by atoms with van der Waals surface area (Å²) in [5.74, 6) is -0.146. The van der Waals surface area contributed by atoms with Gasteiger partial charge in [0, 0.05) is 25.7 Å². The van der Waals surface area contributed by atoms with E-state index in [1.54, 1.807) is 6.92 Å². The van der Waals surface area contributed by atoms with Crippen LogP contribution in [0.3, 0.4) is 0 Å². The third-order valence-electron chi connectivity index (χ3n) is 2.85. The molecule has 1 aromatic rings. The van der Waals surface area contributed by atoms with Crippen LogP contribution in [0, 0.1) is 12.7 Å². The minimum Gasteiger partial charge on any atom is -0.329 e. The third-order valence-corrected chi connectivity index (χ3v) is 2.85. The molecule has 1 aromatic carbocycles. The van der Waals surface area contributed by atoms with Crippen molar-refractivity contribution in [2.75, 3.05) is 26.7 Å². The Balaban J connectivity index is 2.42. The molecule has 0 saturated heterocycles. The van der Waals surface area contributed by atoms with Crippen LogP contribution in [0.2, 0.25) is 0 Å². The molecule has 4 N–H and O–H groups in total. The molecule has 17 heavy (non-hydrogen) atoms. The molecule has 0 aliphatic heterocycles. The molecular weight excluding hydrogens is 217 g/mol. The Labute approximate surface area is 103 Å². The van der Waals surface area contributed by atoms with Crippen LogP contribution in [-0.2, 0) is 6.42 Å². The molecule has 0 spiro atoms. The fourth-order valence-electron chi connectivity index (χ4n) is 1.75. The Morgan fingerprint density at radius 3 is 2.71 bits per heavy atom. The Hall–Kier alpha value is -0.970. The van der Waals surface area contributed by atoms with Crippen LogP contribution in [0.5, 0.6) is 0 Å². The first-order valence-corrected chi connectivity index (χ1v) is 5.92. The van der Waals surface area contributed by atoms with Crippen molar-refractivity contribution in [2.45, 2.75) is 19.4 Å². The highest BCUT2D eigenvalue weighted by Crippen LogP contribution is 2.10. The van der Waals surface area contributed by atoms with E-state index in [4.69, 9.17) is 11.5 Å². The van der Waals surface area contributed by atoms with Gasteiger partial charge in [0.2, 0.25) is 0 Å². The molecule has 0 aromatic heterocycles. The summed E-state index contributed by atoms with van der Waals surface area (Å²) in [5, 5.41) is 0. The molecule has 0 radical (unpaired) electrons. The summed E-state index contributed by atoms with van der Waals surface area (Å²) >= 11 is 0. The molecule has 0 aliphatic rings. The maximum absolute atomic E-state index is 13.1. The van der Waals surface area contributed by atoms with Gasteiger partial charge in [-0.2, -0.15) is 0 Å². The number of halogens is 1.